The van der Waals surface area contributed by atoms with Crippen molar-refractivity contribution in [2.45, 2.75) is 0 Å². The molecule has 0 atom stereocenters. The van der Waals surface area contributed by atoms with Gasteiger partial charge in [0.15, 0.2) is 0 Å². The molecule has 0 heterocycles. The Morgan fingerprint density at radius 3 is 2.44 bits per heavy atom. The first kappa shape index (κ1) is 12.1. The molecular weight excluding hydrogens is 133 g/mol. The average Bonchev–Trinajstić information content (AvgIpc) is 1.66. The van der Waals surface area contributed by atoms with Crippen molar-refractivity contribution >= 4 is 5.97 Å². The van der Waals surface area contributed by atoms with Crippen LogP contribution in [0.2, 0.25) is 0 Å². The summed E-state index contributed by atoms with van der Waals surface area (Å²) >= 11 is 0. The standard InChI is InChI=1S/C4H9NO3.Na/c6-2-1-5-3-4(7)8;/h5-6H,1-3H2,(H,7,8);/q;+1. The normalized spacial score (nSPS) is 8.11. The summed E-state index contributed by atoms with van der Waals surface area (Å²) in [6, 6.07) is 0. The molecule has 0 bridgehead atoms. The van der Waals surface area contributed by atoms with Gasteiger partial charge in [0.2, 0.25) is 0 Å². The van der Waals surface area contributed by atoms with Crippen LogP contribution in [-0.4, -0.2) is 35.9 Å². The number of carbonyl (C=O) groups is 1. The molecule has 0 spiro atoms. The van der Waals surface area contributed by atoms with E-state index >= 15 is 0 Å². The molecule has 0 fully saturated rings. The molecule has 0 saturated heterocycles. The molecule has 0 aromatic carbocycles. The molecule has 0 amide bonds. The zero-order valence-corrected chi connectivity index (χ0v) is 7.42. The van der Waals surface area contributed by atoms with E-state index < -0.39 is 5.97 Å². The van der Waals surface area contributed by atoms with E-state index in [0.717, 1.165) is 0 Å². The molecule has 0 rings (SSSR count). The van der Waals surface area contributed by atoms with Gasteiger partial charge < -0.3 is 15.5 Å². The monoisotopic (exact) mass is 142 g/mol. The third-order valence-corrected chi connectivity index (χ3v) is 0.565. The van der Waals surface area contributed by atoms with Gasteiger partial charge in [0, 0.05) is 6.54 Å². The largest absolute Gasteiger partial charge is 1.00 e. The molecule has 0 aliphatic rings. The summed E-state index contributed by atoms with van der Waals surface area (Å²) in [5.74, 6) is -0.904. The number of nitrogens with one attached hydrogen (secondary N) is 1. The van der Waals surface area contributed by atoms with E-state index in [1.165, 1.54) is 0 Å². The van der Waals surface area contributed by atoms with E-state index in [9.17, 15) is 4.79 Å². The summed E-state index contributed by atoms with van der Waals surface area (Å²) in [6.45, 7) is 0.236. The average molecular weight is 142 g/mol. The van der Waals surface area contributed by atoms with Crippen LogP contribution in [0.1, 0.15) is 0 Å². The summed E-state index contributed by atoms with van der Waals surface area (Å²) in [6.07, 6.45) is 0. The van der Waals surface area contributed by atoms with Gasteiger partial charge in [-0.05, 0) is 0 Å². The van der Waals surface area contributed by atoms with Gasteiger partial charge in [0.1, 0.15) is 0 Å². The van der Waals surface area contributed by atoms with Gasteiger partial charge in [-0.3, -0.25) is 4.79 Å². The van der Waals surface area contributed by atoms with E-state index in [1.54, 1.807) is 0 Å². The second-order valence-corrected chi connectivity index (χ2v) is 1.29. The van der Waals surface area contributed by atoms with Crippen LogP contribution in [0.4, 0.5) is 0 Å². The van der Waals surface area contributed by atoms with Gasteiger partial charge in [-0.15, -0.1) is 0 Å². The maximum atomic E-state index is 9.73. The first-order valence-corrected chi connectivity index (χ1v) is 2.30. The minimum atomic E-state index is -0.904. The molecule has 0 aliphatic carbocycles. The Kier molecular flexibility index (Phi) is 11.3. The van der Waals surface area contributed by atoms with Crippen LogP contribution in [0, 0.1) is 0 Å². The molecule has 3 N–H and O–H groups in total. The maximum Gasteiger partial charge on any atom is 1.00 e. The van der Waals surface area contributed by atoms with Crippen LogP contribution in [0.5, 0.6) is 0 Å². The number of aliphatic hydroxyl groups excluding tert-OH is 1. The Bertz CT molecular complexity index is 78.2. The van der Waals surface area contributed by atoms with E-state index in [2.05, 4.69) is 5.32 Å². The predicted molar refractivity (Wildman–Crippen MR) is 27.6 cm³/mol. The van der Waals surface area contributed by atoms with Crippen molar-refractivity contribution in [3.8, 4) is 0 Å². The molecule has 0 aromatic rings. The first-order valence-electron chi connectivity index (χ1n) is 2.30. The fourth-order valence-electron chi connectivity index (χ4n) is 0.274. The van der Waals surface area contributed by atoms with Crippen molar-refractivity contribution in [3.05, 3.63) is 0 Å². The fraction of sp³-hybridized carbons (Fsp3) is 0.750. The van der Waals surface area contributed by atoms with Gasteiger partial charge in [-0.2, -0.15) is 0 Å². The van der Waals surface area contributed by atoms with E-state index in [1.807, 2.05) is 0 Å². The Balaban J connectivity index is 0. The van der Waals surface area contributed by atoms with Crippen molar-refractivity contribution in [3.63, 3.8) is 0 Å². The van der Waals surface area contributed by atoms with Crippen LogP contribution in [-0.2, 0) is 4.79 Å². The van der Waals surface area contributed by atoms with Crippen LogP contribution in [0.15, 0.2) is 0 Å². The van der Waals surface area contributed by atoms with E-state index in [-0.39, 0.29) is 42.7 Å². The number of carboxylic acid groups (broad SMARTS) is 1. The summed E-state index contributed by atoms with van der Waals surface area (Å²) < 4.78 is 0. The Hall–Kier alpha value is 0.390. The van der Waals surface area contributed by atoms with Crippen LogP contribution < -0.4 is 34.9 Å². The number of aliphatic hydroxyl groups is 1. The van der Waals surface area contributed by atoms with Crippen molar-refractivity contribution in [2.24, 2.45) is 0 Å². The Morgan fingerprint density at radius 1 is 1.56 bits per heavy atom. The SMILES string of the molecule is O=C(O)CNCCO.[Na+]. The van der Waals surface area contributed by atoms with E-state index in [4.69, 9.17) is 10.2 Å². The van der Waals surface area contributed by atoms with E-state index in [0.29, 0.717) is 6.54 Å². The molecule has 0 aromatic heterocycles. The predicted octanol–water partition coefficient (Wildman–Crippen LogP) is -4.34. The molecular formula is C4H9NNaO3+. The van der Waals surface area contributed by atoms with Crippen LogP contribution >= 0.6 is 0 Å². The van der Waals surface area contributed by atoms with Gasteiger partial charge in [-0.1, -0.05) is 0 Å². The summed E-state index contributed by atoms with van der Waals surface area (Å²) in [4.78, 5) is 9.73. The third-order valence-electron chi connectivity index (χ3n) is 0.565. The van der Waals surface area contributed by atoms with Gasteiger partial charge >= 0.3 is 35.5 Å². The van der Waals surface area contributed by atoms with Crippen LogP contribution in [0.3, 0.4) is 0 Å². The second kappa shape index (κ2) is 8.39. The summed E-state index contributed by atoms with van der Waals surface area (Å²) in [5, 5.41) is 18.6. The van der Waals surface area contributed by atoms with Crippen molar-refractivity contribution in [1.29, 1.82) is 0 Å². The Morgan fingerprint density at radius 2 is 2.11 bits per heavy atom. The van der Waals surface area contributed by atoms with Crippen molar-refractivity contribution in [2.75, 3.05) is 19.7 Å². The summed E-state index contributed by atoms with van der Waals surface area (Å²) in [5.41, 5.74) is 0. The molecule has 5 heteroatoms. The van der Waals surface area contributed by atoms with Crippen molar-refractivity contribution in [1.82, 2.24) is 5.32 Å². The number of hydrogen-bond acceptors (Lipinski definition) is 3. The van der Waals surface area contributed by atoms with Gasteiger partial charge in [0.25, 0.3) is 0 Å². The first-order chi connectivity index (χ1) is 3.77. The third kappa shape index (κ3) is 11.8. The molecule has 0 radical (unpaired) electrons. The molecule has 0 saturated carbocycles. The number of aliphatic carboxylic acids is 1. The number of hydrogen-bond donors (Lipinski definition) is 3. The molecule has 4 nitrogen and oxygen atoms in total. The quantitative estimate of drug-likeness (QED) is 0.274. The minimum Gasteiger partial charge on any atom is -0.480 e. The molecule has 48 valence electrons. The molecule has 0 unspecified atom stereocenters. The van der Waals surface area contributed by atoms with Crippen molar-refractivity contribution < 1.29 is 44.6 Å². The number of carboxylic acids is 1. The molecule has 9 heavy (non-hydrogen) atoms. The van der Waals surface area contributed by atoms with Gasteiger partial charge in [0.05, 0.1) is 13.2 Å². The van der Waals surface area contributed by atoms with Gasteiger partial charge in [-0.25, -0.2) is 0 Å². The Labute approximate surface area is 75.5 Å². The zero-order chi connectivity index (χ0) is 6.41. The molecule has 0 aliphatic heterocycles. The fourth-order valence-corrected chi connectivity index (χ4v) is 0.274. The topological polar surface area (TPSA) is 69.6 Å². The van der Waals surface area contributed by atoms with Crippen LogP contribution in [0.25, 0.3) is 0 Å². The summed E-state index contributed by atoms with van der Waals surface area (Å²) in [7, 11) is 0. The second-order valence-electron chi connectivity index (χ2n) is 1.29. The maximum absolute atomic E-state index is 9.73. The smallest absolute Gasteiger partial charge is 0.480 e. The zero-order valence-electron chi connectivity index (χ0n) is 5.42. The number of rotatable bonds is 4. The minimum absolute atomic E-state index is 0.